The Bertz CT molecular complexity index is 823. The van der Waals surface area contributed by atoms with E-state index in [-0.39, 0.29) is 17.2 Å². The van der Waals surface area contributed by atoms with E-state index in [0.717, 1.165) is 25.0 Å². The topological polar surface area (TPSA) is 56.6 Å². The van der Waals surface area contributed by atoms with Crippen LogP contribution in [0.3, 0.4) is 0 Å². The van der Waals surface area contributed by atoms with Gasteiger partial charge in [-0.15, -0.1) is 0 Å². The average molecular weight is 349 g/mol. The van der Waals surface area contributed by atoms with E-state index < -0.39 is 17.4 Å². The van der Waals surface area contributed by atoms with Crippen molar-refractivity contribution in [1.82, 2.24) is 14.7 Å². The lowest BCUT2D eigenvalue weighted by Gasteiger charge is -2.30. The van der Waals surface area contributed by atoms with Crippen molar-refractivity contribution in [3.63, 3.8) is 0 Å². The first-order valence-corrected chi connectivity index (χ1v) is 8.16. The van der Waals surface area contributed by atoms with Gasteiger partial charge >= 0.3 is 0 Å². The molecule has 2 aromatic rings. The molecule has 132 valence electrons. The number of carbonyl (C=O) groups is 1. The maximum atomic E-state index is 14.2. The quantitative estimate of drug-likeness (QED) is 0.854. The molecule has 2 aliphatic heterocycles. The van der Waals surface area contributed by atoms with Gasteiger partial charge in [-0.3, -0.25) is 4.79 Å². The van der Waals surface area contributed by atoms with Gasteiger partial charge in [0, 0.05) is 26.1 Å². The van der Waals surface area contributed by atoms with Gasteiger partial charge in [0.25, 0.3) is 5.91 Å². The maximum absolute atomic E-state index is 14.2. The highest BCUT2D eigenvalue weighted by atomic mass is 19.1. The monoisotopic (exact) mass is 349 g/mol. The number of hydrogen-bond donors (Lipinski definition) is 0. The Balaban J connectivity index is 1.88. The van der Waals surface area contributed by atoms with Crippen LogP contribution in [0.15, 0.2) is 12.1 Å². The standard InChI is InChI=1S/C17H17F2N3O3/c1-24-15-11(18)8-10(9-12(15)19)13-14(16(23)21-4-2-5-21)20-22-6-3-7-25-17(13)22/h8-9H,2-7H2,1H3. The van der Waals surface area contributed by atoms with Crippen LogP contribution in [0.4, 0.5) is 8.78 Å². The van der Waals surface area contributed by atoms with Crippen molar-refractivity contribution in [2.45, 2.75) is 19.4 Å². The Morgan fingerprint density at radius 1 is 1.20 bits per heavy atom. The maximum Gasteiger partial charge on any atom is 0.275 e. The van der Waals surface area contributed by atoms with Gasteiger partial charge in [0.05, 0.1) is 19.3 Å². The molecule has 25 heavy (non-hydrogen) atoms. The third kappa shape index (κ3) is 2.52. The van der Waals surface area contributed by atoms with Gasteiger partial charge in [0.1, 0.15) is 0 Å². The van der Waals surface area contributed by atoms with Crippen LogP contribution < -0.4 is 9.47 Å². The molecule has 4 rings (SSSR count). The van der Waals surface area contributed by atoms with Crippen molar-refractivity contribution in [3.05, 3.63) is 29.5 Å². The second-order valence-electron chi connectivity index (χ2n) is 6.07. The predicted octanol–water partition coefficient (Wildman–Crippen LogP) is 2.47. The number of aromatic nitrogens is 2. The molecule has 0 unspecified atom stereocenters. The summed E-state index contributed by atoms with van der Waals surface area (Å²) in [5.41, 5.74) is 0.709. The van der Waals surface area contributed by atoms with E-state index in [1.807, 2.05) is 0 Å². The van der Waals surface area contributed by atoms with Gasteiger partial charge in [-0.25, -0.2) is 13.5 Å². The summed E-state index contributed by atoms with van der Waals surface area (Å²) in [6.45, 7) is 2.38. The number of nitrogens with zero attached hydrogens (tertiary/aromatic N) is 3. The first-order valence-electron chi connectivity index (χ1n) is 8.16. The third-order valence-electron chi connectivity index (χ3n) is 4.50. The highest BCUT2D eigenvalue weighted by molar-refractivity contribution is 6.00. The lowest BCUT2D eigenvalue weighted by Crippen LogP contribution is -2.42. The lowest BCUT2D eigenvalue weighted by atomic mass is 10.0. The molecule has 8 heteroatoms. The molecule has 1 fully saturated rings. The number of likely N-dealkylation sites (tertiary alicyclic amines) is 1. The molecule has 1 amide bonds. The number of carbonyl (C=O) groups excluding carboxylic acids is 1. The van der Waals surface area contributed by atoms with Crippen LogP contribution in [0.25, 0.3) is 11.1 Å². The van der Waals surface area contributed by atoms with Crippen LogP contribution in [0.2, 0.25) is 0 Å². The van der Waals surface area contributed by atoms with Gasteiger partial charge in [0.15, 0.2) is 23.1 Å². The zero-order valence-corrected chi connectivity index (χ0v) is 13.7. The fourth-order valence-corrected chi connectivity index (χ4v) is 3.11. The van der Waals surface area contributed by atoms with Crippen LogP contribution in [0.5, 0.6) is 11.6 Å². The second kappa shape index (κ2) is 6.02. The van der Waals surface area contributed by atoms with Crippen molar-refractivity contribution < 1.29 is 23.0 Å². The Hall–Kier alpha value is -2.64. The first-order chi connectivity index (χ1) is 12.1. The summed E-state index contributed by atoms with van der Waals surface area (Å²) < 4.78 is 40.3. The van der Waals surface area contributed by atoms with E-state index in [4.69, 9.17) is 9.47 Å². The summed E-state index contributed by atoms with van der Waals surface area (Å²) in [7, 11) is 1.20. The van der Waals surface area contributed by atoms with Crippen LogP contribution >= 0.6 is 0 Å². The predicted molar refractivity (Wildman–Crippen MR) is 84.8 cm³/mol. The van der Waals surface area contributed by atoms with E-state index in [1.54, 1.807) is 9.58 Å². The van der Waals surface area contributed by atoms with Crippen molar-refractivity contribution in [3.8, 4) is 22.8 Å². The average Bonchev–Trinajstić information content (AvgIpc) is 2.92. The van der Waals surface area contributed by atoms with Crippen molar-refractivity contribution in [2.75, 3.05) is 26.8 Å². The van der Waals surface area contributed by atoms with Gasteiger partial charge in [-0.05, 0) is 24.1 Å². The van der Waals surface area contributed by atoms with Crippen molar-refractivity contribution in [1.29, 1.82) is 0 Å². The molecule has 0 radical (unpaired) electrons. The van der Waals surface area contributed by atoms with E-state index in [9.17, 15) is 13.6 Å². The van der Waals surface area contributed by atoms with Crippen molar-refractivity contribution in [2.24, 2.45) is 0 Å². The second-order valence-corrected chi connectivity index (χ2v) is 6.07. The summed E-state index contributed by atoms with van der Waals surface area (Å²) >= 11 is 0. The Morgan fingerprint density at radius 2 is 1.92 bits per heavy atom. The molecule has 0 spiro atoms. The molecule has 0 saturated carbocycles. The summed E-state index contributed by atoms with van der Waals surface area (Å²) in [6, 6.07) is 2.29. The van der Waals surface area contributed by atoms with E-state index >= 15 is 0 Å². The lowest BCUT2D eigenvalue weighted by molar-refractivity contribution is 0.0645. The number of aryl methyl sites for hydroxylation is 1. The smallest absolute Gasteiger partial charge is 0.275 e. The molecule has 6 nitrogen and oxygen atoms in total. The summed E-state index contributed by atoms with van der Waals surface area (Å²) in [5, 5.41) is 4.36. The Labute approximate surface area is 142 Å². The molecule has 0 N–H and O–H groups in total. The molecule has 2 aliphatic rings. The number of hydrogen-bond acceptors (Lipinski definition) is 4. The molecule has 1 saturated heterocycles. The van der Waals surface area contributed by atoms with E-state index in [0.29, 0.717) is 37.7 Å². The number of fused-ring (bicyclic) bond motifs is 1. The molecule has 0 atom stereocenters. The normalized spacial score (nSPS) is 16.0. The molecule has 3 heterocycles. The zero-order chi connectivity index (χ0) is 17.6. The third-order valence-corrected chi connectivity index (χ3v) is 4.50. The molecule has 0 bridgehead atoms. The fourth-order valence-electron chi connectivity index (χ4n) is 3.11. The summed E-state index contributed by atoms with van der Waals surface area (Å²) in [6.07, 6.45) is 1.70. The highest BCUT2D eigenvalue weighted by Gasteiger charge is 2.32. The van der Waals surface area contributed by atoms with Gasteiger partial charge in [-0.2, -0.15) is 5.10 Å². The Morgan fingerprint density at radius 3 is 2.52 bits per heavy atom. The molecular weight excluding hydrogens is 332 g/mol. The minimum Gasteiger partial charge on any atom is -0.491 e. The summed E-state index contributed by atoms with van der Waals surface area (Å²) in [4.78, 5) is 14.4. The number of halogens is 2. The number of rotatable bonds is 3. The van der Waals surface area contributed by atoms with E-state index in [2.05, 4.69) is 5.10 Å². The number of amides is 1. The number of benzene rings is 1. The zero-order valence-electron chi connectivity index (χ0n) is 13.7. The molecule has 0 aliphatic carbocycles. The minimum absolute atomic E-state index is 0.167. The van der Waals surface area contributed by atoms with Crippen LogP contribution in [-0.4, -0.2) is 47.4 Å². The molecule has 1 aromatic heterocycles. The van der Waals surface area contributed by atoms with E-state index in [1.165, 1.54) is 7.11 Å². The highest BCUT2D eigenvalue weighted by Crippen LogP contribution is 2.39. The Kier molecular flexibility index (Phi) is 3.82. The SMILES string of the molecule is COc1c(F)cc(-c2c(C(=O)N3CCC3)nn3c2OCCC3)cc1F. The minimum atomic E-state index is -0.837. The van der Waals surface area contributed by atoms with Gasteiger partial charge in [0.2, 0.25) is 5.88 Å². The van der Waals surface area contributed by atoms with Gasteiger partial charge in [-0.1, -0.05) is 0 Å². The largest absolute Gasteiger partial charge is 0.491 e. The number of methoxy groups -OCH3 is 1. The van der Waals surface area contributed by atoms with Gasteiger partial charge < -0.3 is 14.4 Å². The van der Waals surface area contributed by atoms with Crippen molar-refractivity contribution >= 4 is 5.91 Å². The molecular formula is C17H17F2N3O3. The van der Waals surface area contributed by atoms with Crippen LogP contribution in [-0.2, 0) is 6.54 Å². The fraction of sp³-hybridized carbons (Fsp3) is 0.412. The molecule has 1 aromatic carbocycles. The number of ether oxygens (including phenoxy) is 2. The van der Waals surface area contributed by atoms with Crippen LogP contribution in [0, 0.1) is 11.6 Å². The first kappa shape index (κ1) is 15.9. The van der Waals surface area contributed by atoms with Crippen LogP contribution in [0.1, 0.15) is 23.3 Å². The summed E-state index contributed by atoms with van der Waals surface area (Å²) in [5.74, 6) is -2.00.